The quantitative estimate of drug-likeness (QED) is 0.190. The molecule has 46 heavy (non-hydrogen) atoms. The monoisotopic (exact) mass is 597 g/mol. The van der Waals surface area contributed by atoms with Crippen LogP contribution in [0, 0.1) is 0 Å². The second-order valence-corrected chi connectivity index (χ2v) is 11.5. The molecular weight excluding hydrogens is 566 g/mol. The van der Waals surface area contributed by atoms with Crippen LogP contribution >= 0.6 is 0 Å². The van der Waals surface area contributed by atoms with Gasteiger partial charge >= 0.3 is 0 Å². The normalized spacial score (nSPS) is 12.6. The van der Waals surface area contributed by atoms with E-state index in [1.54, 1.807) is 7.05 Å². The number of hydrogen-bond acceptors (Lipinski definition) is 3. The summed E-state index contributed by atoms with van der Waals surface area (Å²) in [5.74, 6) is -0.109. The van der Waals surface area contributed by atoms with Gasteiger partial charge in [0.15, 0.2) is 0 Å². The highest BCUT2D eigenvalue weighted by atomic mass is 16.1. The van der Waals surface area contributed by atoms with E-state index in [1.165, 1.54) is 0 Å². The average Bonchev–Trinajstić information content (AvgIpc) is 3.93. The molecule has 0 saturated carbocycles. The minimum Gasteiger partial charge on any atom is -0.361 e. The Bertz CT molecular complexity index is 2240. The van der Waals surface area contributed by atoms with Crippen molar-refractivity contribution in [1.82, 2.24) is 25.3 Å². The Morgan fingerprint density at radius 1 is 0.609 bits per heavy atom. The van der Waals surface area contributed by atoms with Gasteiger partial charge in [-0.2, -0.15) is 0 Å². The average molecular weight is 598 g/mol. The molecule has 6 nitrogen and oxygen atoms in total. The summed E-state index contributed by atoms with van der Waals surface area (Å²) in [5, 5.41) is 2.71. The van der Waals surface area contributed by atoms with Crippen molar-refractivity contribution in [1.29, 1.82) is 0 Å². The van der Waals surface area contributed by atoms with Gasteiger partial charge in [0.2, 0.25) is 0 Å². The van der Waals surface area contributed by atoms with Gasteiger partial charge in [0, 0.05) is 51.7 Å². The maximum Gasteiger partial charge on any atom is 0.251 e. The van der Waals surface area contributed by atoms with Gasteiger partial charge in [-0.1, -0.05) is 72.8 Å². The van der Waals surface area contributed by atoms with Crippen molar-refractivity contribution in [2.24, 2.45) is 0 Å². The predicted octanol–water partition coefficient (Wildman–Crippen LogP) is 8.52. The van der Waals surface area contributed by atoms with Gasteiger partial charge in [-0.3, -0.25) is 4.79 Å². The Hall–Kier alpha value is -6.01. The van der Waals surface area contributed by atoms with Gasteiger partial charge in [0.25, 0.3) is 5.91 Å². The van der Waals surface area contributed by atoms with E-state index in [-0.39, 0.29) is 5.91 Å². The van der Waals surface area contributed by atoms with Crippen LogP contribution < -0.4 is 5.32 Å². The molecule has 6 heteroatoms. The van der Waals surface area contributed by atoms with E-state index in [1.807, 2.05) is 36.4 Å². The minimum atomic E-state index is -0.109. The summed E-state index contributed by atoms with van der Waals surface area (Å²) >= 11 is 0. The first-order valence-corrected chi connectivity index (χ1v) is 15.5. The van der Waals surface area contributed by atoms with E-state index in [4.69, 9.17) is 9.97 Å². The van der Waals surface area contributed by atoms with Gasteiger partial charge in [-0.25, -0.2) is 9.97 Å². The maximum absolute atomic E-state index is 12.3. The maximum atomic E-state index is 12.3. The highest BCUT2D eigenvalue weighted by molar-refractivity contribution is 5.95. The number of aromatic amines is 2. The number of H-pyrrole nitrogens is 2. The number of carbonyl (C=O) groups is 1. The van der Waals surface area contributed by atoms with Gasteiger partial charge in [-0.15, -0.1) is 0 Å². The molecule has 0 saturated heterocycles. The Kier molecular flexibility index (Phi) is 6.88. The van der Waals surface area contributed by atoms with Crippen LogP contribution in [-0.2, 0) is 12.8 Å². The van der Waals surface area contributed by atoms with E-state index in [0.29, 0.717) is 5.56 Å². The van der Waals surface area contributed by atoms with E-state index in [2.05, 4.69) is 106 Å². The van der Waals surface area contributed by atoms with Gasteiger partial charge < -0.3 is 15.3 Å². The van der Waals surface area contributed by atoms with E-state index >= 15 is 0 Å². The van der Waals surface area contributed by atoms with Crippen LogP contribution in [0.25, 0.3) is 68.7 Å². The molecule has 0 fully saturated rings. The fraction of sp³-hybridized carbons (Fsp3) is 0.0750. The molecule has 8 bridgehead atoms. The molecule has 3 aliphatic heterocycles. The SMILES string of the molecule is CNC(=O)c1ccc(-c2c3nc(cc4ccc([nH]4)c(-c4ccccc4)c4nc(c(-c5ccccc5)c5[nH]c2CC5)C=C4)C=C3)cc1. The molecule has 0 unspecified atom stereocenters. The third kappa shape index (κ3) is 5.00. The number of nitrogens with zero attached hydrogens (tertiary/aromatic N) is 2. The zero-order valence-corrected chi connectivity index (χ0v) is 25.3. The fourth-order valence-corrected chi connectivity index (χ4v) is 6.51. The zero-order valence-electron chi connectivity index (χ0n) is 25.3. The number of aryl methyl sites for hydroxylation is 2. The Morgan fingerprint density at radius 3 is 1.83 bits per heavy atom. The van der Waals surface area contributed by atoms with E-state index in [9.17, 15) is 4.79 Å². The fourth-order valence-electron chi connectivity index (χ4n) is 6.51. The number of fused-ring (bicyclic) bond motifs is 8. The lowest BCUT2D eigenvalue weighted by molar-refractivity contribution is 0.0963. The minimum absolute atomic E-state index is 0.109. The van der Waals surface area contributed by atoms with Gasteiger partial charge in [0.1, 0.15) is 0 Å². The molecular formula is C40H31N5O. The molecule has 222 valence electrons. The lowest BCUT2D eigenvalue weighted by atomic mass is 9.98. The van der Waals surface area contributed by atoms with Crippen molar-refractivity contribution in [2.75, 3.05) is 7.05 Å². The molecule has 0 radical (unpaired) electrons. The Labute approximate surface area is 266 Å². The topological polar surface area (TPSA) is 86.5 Å². The van der Waals surface area contributed by atoms with Crippen molar-refractivity contribution in [2.45, 2.75) is 12.8 Å². The first-order chi connectivity index (χ1) is 22.6. The van der Waals surface area contributed by atoms with Crippen molar-refractivity contribution in [3.63, 3.8) is 0 Å². The van der Waals surface area contributed by atoms with Crippen LogP contribution in [0.3, 0.4) is 0 Å². The van der Waals surface area contributed by atoms with Crippen LogP contribution in [0.2, 0.25) is 0 Å². The summed E-state index contributed by atoms with van der Waals surface area (Å²) in [7, 11) is 1.65. The molecule has 2 aromatic heterocycles. The first-order valence-electron chi connectivity index (χ1n) is 15.5. The summed E-state index contributed by atoms with van der Waals surface area (Å²) in [4.78, 5) is 30.2. The molecule has 0 atom stereocenters. The summed E-state index contributed by atoms with van der Waals surface area (Å²) < 4.78 is 0. The molecule has 0 aliphatic carbocycles. The number of aromatic nitrogens is 4. The van der Waals surface area contributed by atoms with E-state index < -0.39 is 0 Å². The number of rotatable bonds is 4. The third-order valence-electron chi connectivity index (χ3n) is 8.67. The molecule has 5 aromatic rings. The number of hydrogen-bond donors (Lipinski definition) is 3. The lowest BCUT2D eigenvalue weighted by Crippen LogP contribution is -2.17. The third-order valence-corrected chi connectivity index (χ3v) is 8.67. The molecule has 0 spiro atoms. The van der Waals surface area contributed by atoms with Crippen LogP contribution in [0.15, 0.2) is 103 Å². The zero-order chi connectivity index (χ0) is 31.0. The standard InChI is InChI=1S/C40H31N5O/c1-41-40(46)28-14-12-27(13-15-28)39-32-19-17-30(43-32)24-29-16-18-31(42-29)37(25-8-4-2-5-9-25)33-20-21-34(44-33)38(26-10-6-3-7-11-26)35-22-23-36(39)45-35/h2-21,24,42,45H,22-23H2,1H3,(H,41,46). The van der Waals surface area contributed by atoms with Crippen molar-refractivity contribution in [3.8, 4) is 33.4 Å². The number of benzene rings is 3. The largest absolute Gasteiger partial charge is 0.361 e. The number of nitrogens with one attached hydrogen (secondary N) is 3. The summed E-state index contributed by atoms with van der Waals surface area (Å²) in [6, 6.07) is 35.0. The smallest absolute Gasteiger partial charge is 0.251 e. The molecule has 1 amide bonds. The van der Waals surface area contributed by atoms with Crippen LogP contribution in [0.1, 0.15) is 44.5 Å². The second kappa shape index (κ2) is 11.5. The van der Waals surface area contributed by atoms with Gasteiger partial charge in [0.05, 0.1) is 22.8 Å². The highest BCUT2D eigenvalue weighted by Gasteiger charge is 2.21. The summed E-state index contributed by atoms with van der Waals surface area (Å²) in [6.07, 6.45) is 10.0. The molecule has 3 aromatic carbocycles. The number of amides is 1. The van der Waals surface area contributed by atoms with Crippen molar-refractivity contribution < 1.29 is 4.79 Å². The highest BCUT2D eigenvalue weighted by Crippen LogP contribution is 2.37. The Morgan fingerprint density at radius 2 is 1.17 bits per heavy atom. The van der Waals surface area contributed by atoms with Crippen molar-refractivity contribution >= 4 is 41.2 Å². The van der Waals surface area contributed by atoms with Crippen molar-refractivity contribution in [3.05, 3.63) is 143 Å². The summed E-state index contributed by atoms with van der Waals surface area (Å²) in [6.45, 7) is 0. The second-order valence-electron chi connectivity index (χ2n) is 11.5. The lowest BCUT2D eigenvalue weighted by Gasteiger charge is -2.08. The molecule has 3 aliphatic rings. The van der Waals surface area contributed by atoms with Crippen LogP contribution in [0.5, 0.6) is 0 Å². The summed E-state index contributed by atoms with van der Waals surface area (Å²) in [5.41, 5.74) is 14.8. The Balaban J connectivity index is 1.47. The van der Waals surface area contributed by atoms with Crippen LogP contribution in [-0.4, -0.2) is 32.9 Å². The van der Waals surface area contributed by atoms with Gasteiger partial charge in [-0.05, 0) is 84.2 Å². The number of carbonyl (C=O) groups excluding carboxylic acids is 1. The van der Waals surface area contributed by atoms with Crippen LogP contribution in [0.4, 0.5) is 0 Å². The molecule has 3 N–H and O–H groups in total. The molecule has 8 rings (SSSR count). The first kappa shape index (κ1) is 27.5. The predicted molar refractivity (Wildman–Crippen MR) is 187 cm³/mol. The molecule has 5 heterocycles. The van der Waals surface area contributed by atoms with E-state index in [0.717, 1.165) is 91.4 Å².